The summed E-state index contributed by atoms with van der Waals surface area (Å²) < 4.78 is 29.7. The van der Waals surface area contributed by atoms with Crippen molar-refractivity contribution in [1.29, 1.82) is 0 Å². The first-order valence-electron chi connectivity index (χ1n) is 16.1. The summed E-state index contributed by atoms with van der Waals surface area (Å²) in [5.74, 6) is -0.718. The van der Waals surface area contributed by atoms with Crippen LogP contribution >= 0.6 is 11.6 Å². The maximum Gasteiger partial charge on any atom is 0.264 e. The van der Waals surface area contributed by atoms with Gasteiger partial charge in [0.1, 0.15) is 12.6 Å². The molecule has 1 fully saturated rings. The minimum Gasteiger partial charge on any atom is -0.352 e. The van der Waals surface area contributed by atoms with Gasteiger partial charge in [0.2, 0.25) is 11.8 Å². The second-order valence-electron chi connectivity index (χ2n) is 12.4. The smallest absolute Gasteiger partial charge is 0.264 e. The molecule has 1 aliphatic rings. The van der Waals surface area contributed by atoms with Gasteiger partial charge in [0.15, 0.2) is 0 Å². The summed E-state index contributed by atoms with van der Waals surface area (Å²) in [6.07, 6.45) is 4.18. The minimum atomic E-state index is -4.21. The maximum absolute atomic E-state index is 14.7. The summed E-state index contributed by atoms with van der Waals surface area (Å²) in [5.41, 5.74) is 5.02. The molecule has 1 N–H and O–H groups in total. The number of amides is 2. The zero-order valence-electron chi connectivity index (χ0n) is 27.2. The second kappa shape index (κ2) is 15.2. The van der Waals surface area contributed by atoms with E-state index in [2.05, 4.69) is 5.32 Å². The first kappa shape index (κ1) is 34.2. The summed E-state index contributed by atoms with van der Waals surface area (Å²) in [7, 11) is -4.21. The van der Waals surface area contributed by atoms with Crippen LogP contribution in [0.15, 0.2) is 102 Å². The highest BCUT2D eigenvalue weighted by atomic mass is 35.5. The molecule has 0 heterocycles. The number of carbonyl (C=O) groups excluding carboxylic acids is 2. The van der Waals surface area contributed by atoms with Crippen LogP contribution < -0.4 is 9.62 Å². The van der Waals surface area contributed by atoms with Crippen LogP contribution in [0.1, 0.15) is 53.5 Å². The number of carbonyl (C=O) groups is 2. The Kier molecular flexibility index (Phi) is 11.0. The topological polar surface area (TPSA) is 86.8 Å². The van der Waals surface area contributed by atoms with E-state index in [1.165, 1.54) is 24.3 Å². The van der Waals surface area contributed by atoms with Crippen molar-refractivity contribution in [2.75, 3.05) is 10.8 Å². The van der Waals surface area contributed by atoms with E-state index in [0.29, 0.717) is 10.7 Å². The Bertz CT molecular complexity index is 1810. The molecule has 2 amide bonds. The number of rotatable bonds is 12. The molecule has 1 saturated carbocycles. The lowest BCUT2D eigenvalue weighted by atomic mass is 10.0. The van der Waals surface area contributed by atoms with Crippen molar-refractivity contribution in [3.8, 4) is 0 Å². The molecule has 9 heteroatoms. The molecule has 4 aromatic carbocycles. The highest BCUT2D eigenvalue weighted by molar-refractivity contribution is 7.92. The molecule has 0 saturated heterocycles. The third-order valence-electron chi connectivity index (χ3n) is 8.87. The largest absolute Gasteiger partial charge is 0.352 e. The summed E-state index contributed by atoms with van der Waals surface area (Å²) in [4.78, 5) is 30.4. The van der Waals surface area contributed by atoms with Crippen LogP contribution in [0.4, 0.5) is 5.69 Å². The molecule has 0 aliphatic heterocycles. The van der Waals surface area contributed by atoms with Crippen molar-refractivity contribution < 1.29 is 18.0 Å². The molecule has 4 aromatic rings. The van der Waals surface area contributed by atoms with E-state index in [0.717, 1.165) is 57.8 Å². The highest BCUT2D eigenvalue weighted by Crippen LogP contribution is 2.28. The Morgan fingerprint density at radius 1 is 0.830 bits per heavy atom. The van der Waals surface area contributed by atoms with Crippen LogP contribution in [0.2, 0.25) is 5.02 Å². The van der Waals surface area contributed by atoms with E-state index in [1.807, 2.05) is 81.4 Å². The number of anilines is 1. The quantitative estimate of drug-likeness (QED) is 0.173. The Labute approximate surface area is 283 Å². The van der Waals surface area contributed by atoms with Crippen LogP contribution in [0.5, 0.6) is 0 Å². The summed E-state index contributed by atoms with van der Waals surface area (Å²) in [5, 5.41) is 3.62. The van der Waals surface area contributed by atoms with Gasteiger partial charge in [-0.15, -0.1) is 0 Å². The van der Waals surface area contributed by atoms with Crippen molar-refractivity contribution in [2.45, 2.75) is 76.4 Å². The van der Waals surface area contributed by atoms with Crippen molar-refractivity contribution in [1.82, 2.24) is 10.2 Å². The van der Waals surface area contributed by atoms with Crippen molar-refractivity contribution in [3.05, 3.63) is 130 Å². The molecule has 0 bridgehead atoms. The predicted molar refractivity (Wildman–Crippen MR) is 188 cm³/mol. The molecular weight excluding hydrogens is 630 g/mol. The van der Waals surface area contributed by atoms with Crippen LogP contribution in [0, 0.1) is 20.8 Å². The molecular formula is C38H42ClN3O4S. The lowest BCUT2D eigenvalue weighted by Gasteiger charge is -2.34. The van der Waals surface area contributed by atoms with E-state index in [1.54, 1.807) is 17.0 Å². The van der Waals surface area contributed by atoms with Crippen molar-refractivity contribution >= 4 is 39.1 Å². The fourth-order valence-electron chi connectivity index (χ4n) is 6.07. The predicted octanol–water partition coefficient (Wildman–Crippen LogP) is 7.16. The first-order chi connectivity index (χ1) is 22.5. The normalized spacial score (nSPS) is 14.0. The number of nitrogens with zero attached hydrogens (tertiary/aromatic N) is 2. The van der Waals surface area contributed by atoms with E-state index in [4.69, 9.17) is 11.6 Å². The zero-order valence-corrected chi connectivity index (χ0v) is 28.7. The van der Waals surface area contributed by atoms with Crippen LogP contribution in [-0.2, 0) is 32.6 Å². The monoisotopic (exact) mass is 671 g/mol. The standard InChI is InChI=1S/C38H42ClN3O4S/c1-27-10-9-13-31(22-27)25-41(36(24-30-11-5-4-6-12-30)38(44)40-33-14-7-8-15-33)37(43)26-42(34-19-16-28(2)29(3)23-34)47(45,46)35-20-17-32(39)18-21-35/h4-6,9-13,16-23,33,36H,7-8,14-15,24-26H2,1-3H3,(H,40,44)/t36-/m1/s1. The molecule has 0 spiro atoms. The van der Waals surface area contributed by atoms with Gasteiger partial charge in [0.05, 0.1) is 10.6 Å². The van der Waals surface area contributed by atoms with Crippen LogP contribution in [0.3, 0.4) is 0 Å². The number of nitrogens with one attached hydrogen (secondary N) is 1. The van der Waals surface area contributed by atoms with Gasteiger partial charge < -0.3 is 10.2 Å². The van der Waals surface area contributed by atoms with Gasteiger partial charge in [-0.05, 0) is 92.3 Å². The summed E-state index contributed by atoms with van der Waals surface area (Å²) >= 11 is 6.10. The van der Waals surface area contributed by atoms with Gasteiger partial charge in [-0.25, -0.2) is 8.42 Å². The molecule has 246 valence electrons. The molecule has 1 atom stereocenters. The Morgan fingerprint density at radius 2 is 1.51 bits per heavy atom. The number of hydrogen-bond donors (Lipinski definition) is 1. The molecule has 47 heavy (non-hydrogen) atoms. The number of aryl methyl sites for hydroxylation is 3. The van der Waals surface area contributed by atoms with E-state index in [-0.39, 0.29) is 29.8 Å². The van der Waals surface area contributed by atoms with E-state index < -0.39 is 28.5 Å². The molecule has 0 unspecified atom stereocenters. The number of halogens is 1. The molecule has 0 aromatic heterocycles. The molecule has 0 radical (unpaired) electrons. The molecule has 1 aliphatic carbocycles. The van der Waals surface area contributed by atoms with Gasteiger partial charge in [-0.1, -0.05) is 90.7 Å². The van der Waals surface area contributed by atoms with Gasteiger partial charge in [-0.2, -0.15) is 0 Å². The molecule has 5 rings (SSSR count). The second-order valence-corrected chi connectivity index (χ2v) is 14.7. The summed E-state index contributed by atoms with van der Waals surface area (Å²) in [6.45, 7) is 5.47. The maximum atomic E-state index is 14.7. The number of sulfonamides is 1. The third kappa shape index (κ3) is 8.62. The fraction of sp³-hybridized carbons (Fsp3) is 0.316. The minimum absolute atomic E-state index is 0.0120. The van der Waals surface area contributed by atoms with Crippen molar-refractivity contribution in [3.63, 3.8) is 0 Å². The number of benzene rings is 4. The Hall–Kier alpha value is -4.14. The van der Waals surface area contributed by atoms with Crippen LogP contribution in [0.25, 0.3) is 0 Å². The lowest BCUT2D eigenvalue weighted by molar-refractivity contribution is -0.140. The Balaban J connectivity index is 1.58. The fourth-order valence-corrected chi connectivity index (χ4v) is 7.60. The SMILES string of the molecule is Cc1cccc(CN(C(=O)CN(c2ccc(C)c(C)c2)S(=O)(=O)c2ccc(Cl)cc2)[C@H](Cc2ccccc2)C(=O)NC2CCCC2)c1. The first-order valence-corrected chi connectivity index (χ1v) is 17.9. The van der Waals surface area contributed by atoms with Gasteiger partial charge in [0.25, 0.3) is 10.0 Å². The zero-order chi connectivity index (χ0) is 33.6. The lowest BCUT2D eigenvalue weighted by Crippen LogP contribution is -2.54. The van der Waals surface area contributed by atoms with Crippen LogP contribution in [-0.4, -0.2) is 43.8 Å². The number of hydrogen-bond acceptors (Lipinski definition) is 4. The molecule has 7 nitrogen and oxygen atoms in total. The van der Waals surface area contributed by atoms with Crippen molar-refractivity contribution in [2.24, 2.45) is 0 Å². The van der Waals surface area contributed by atoms with Gasteiger partial charge >= 0.3 is 0 Å². The average molecular weight is 672 g/mol. The average Bonchev–Trinajstić information content (AvgIpc) is 3.56. The van der Waals surface area contributed by atoms with Gasteiger partial charge in [-0.3, -0.25) is 13.9 Å². The van der Waals surface area contributed by atoms with Gasteiger partial charge in [0, 0.05) is 24.0 Å². The third-order valence-corrected chi connectivity index (χ3v) is 10.9. The van der Waals surface area contributed by atoms with E-state index in [9.17, 15) is 18.0 Å². The summed E-state index contributed by atoms with van der Waals surface area (Å²) in [6, 6.07) is 27.8. The Morgan fingerprint density at radius 3 is 2.17 bits per heavy atom. The van der Waals surface area contributed by atoms with E-state index >= 15 is 0 Å². The highest BCUT2D eigenvalue weighted by Gasteiger charge is 2.35.